The van der Waals surface area contributed by atoms with Crippen LogP contribution in [0, 0.1) is 11.8 Å². The highest BCUT2D eigenvalue weighted by atomic mass is 14.7. The largest absolute Gasteiger partial charge is 0.362 e. The summed E-state index contributed by atoms with van der Waals surface area (Å²) in [6, 6.07) is 4.73. The number of rotatable bonds is 34. The minimum Gasteiger partial charge on any atom is -0.362 e. The van der Waals surface area contributed by atoms with E-state index >= 15 is 0 Å². The molecule has 1 rings (SSSR count). The topological polar surface area (TPSA) is 15.8 Å². The Bertz CT molecular complexity index is 605. The molecule has 0 saturated carbocycles. The van der Waals surface area contributed by atoms with Gasteiger partial charge in [0.1, 0.15) is 0 Å². The molecule has 0 radical (unpaired) electrons. The van der Waals surface area contributed by atoms with Crippen molar-refractivity contribution in [1.29, 1.82) is 0 Å². The monoisotopic (exact) mass is 600 g/mol. The maximum Gasteiger partial charge on any atom is 0.0149 e. The molecule has 0 fully saturated rings. The lowest BCUT2D eigenvalue weighted by atomic mass is 9.92. The van der Waals surface area contributed by atoms with Gasteiger partial charge < -0.3 is 4.98 Å². The first-order valence-electron chi connectivity index (χ1n) is 20.4. The molecule has 0 aromatic carbocycles. The molecule has 254 valence electrons. The lowest BCUT2D eigenvalue weighted by Gasteiger charge is -2.14. The zero-order valence-electron chi connectivity index (χ0n) is 30.4. The van der Waals surface area contributed by atoms with E-state index in [1.807, 2.05) is 0 Å². The van der Waals surface area contributed by atoms with E-state index in [1.54, 1.807) is 0 Å². The van der Waals surface area contributed by atoms with Crippen molar-refractivity contribution < 1.29 is 0 Å². The summed E-state index contributed by atoms with van der Waals surface area (Å²) in [5.41, 5.74) is 2.95. The summed E-state index contributed by atoms with van der Waals surface area (Å²) in [4.78, 5) is 3.74. The second kappa shape index (κ2) is 31.3. The molecule has 1 aromatic rings. The number of hydrogen-bond donors (Lipinski definition) is 1. The van der Waals surface area contributed by atoms with Crippen LogP contribution in [0.2, 0.25) is 0 Å². The summed E-state index contributed by atoms with van der Waals surface area (Å²) in [6.07, 6.45) is 45.7. The van der Waals surface area contributed by atoms with E-state index in [1.165, 1.54) is 217 Å². The number of aryl methyl sites for hydroxylation is 2. The zero-order valence-corrected chi connectivity index (χ0v) is 30.4. The Hall–Kier alpha value is -0.720. The number of nitrogens with one attached hydrogen (secondary N) is 1. The van der Waals surface area contributed by atoms with Crippen LogP contribution in [-0.2, 0) is 12.8 Å². The Labute approximate surface area is 273 Å². The van der Waals surface area contributed by atoms with Gasteiger partial charge in [-0.15, -0.1) is 0 Å². The van der Waals surface area contributed by atoms with E-state index in [4.69, 9.17) is 0 Å². The van der Waals surface area contributed by atoms with E-state index in [0.29, 0.717) is 0 Å². The van der Waals surface area contributed by atoms with Gasteiger partial charge in [-0.25, -0.2) is 0 Å². The van der Waals surface area contributed by atoms with E-state index < -0.39 is 0 Å². The standard InChI is InChI=1S/C42H81N/c1-5-9-11-13-15-17-19-25-31-39(7-3)33-27-21-23-29-35-41-37-38-42(43-41)36-30-24-22-28-34-40(8-4)32-26-20-18-16-14-12-10-6-2/h37-40,43H,5-36H2,1-4H3. The molecule has 0 aliphatic rings. The predicted octanol–water partition coefficient (Wildman–Crippen LogP) is 15.1. The van der Waals surface area contributed by atoms with Crippen molar-refractivity contribution in [2.45, 2.75) is 233 Å². The van der Waals surface area contributed by atoms with Crippen LogP contribution in [0.5, 0.6) is 0 Å². The fraction of sp³-hybridized carbons (Fsp3) is 0.905. The van der Waals surface area contributed by atoms with Crippen molar-refractivity contribution in [1.82, 2.24) is 4.98 Å². The molecular weight excluding hydrogens is 518 g/mol. The SMILES string of the molecule is CCCCCCCCCCC(CC)CCCCCCc1ccc(CCCCCCC(CC)CCCCCCCCCC)[nH]1. The van der Waals surface area contributed by atoms with Crippen molar-refractivity contribution in [2.24, 2.45) is 11.8 Å². The van der Waals surface area contributed by atoms with Gasteiger partial charge in [-0.05, 0) is 49.7 Å². The van der Waals surface area contributed by atoms with Crippen LogP contribution in [0.1, 0.15) is 232 Å². The van der Waals surface area contributed by atoms with Crippen molar-refractivity contribution in [3.05, 3.63) is 23.5 Å². The highest BCUT2D eigenvalue weighted by molar-refractivity contribution is 5.13. The van der Waals surface area contributed by atoms with Crippen LogP contribution >= 0.6 is 0 Å². The molecule has 0 aliphatic heterocycles. The number of hydrogen-bond acceptors (Lipinski definition) is 0. The van der Waals surface area contributed by atoms with Gasteiger partial charge in [0.05, 0.1) is 0 Å². The molecule has 2 unspecified atom stereocenters. The van der Waals surface area contributed by atoms with Gasteiger partial charge in [0, 0.05) is 11.4 Å². The summed E-state index contributed by atoms with van der Waals surface area (Å²) in [5.74, 6) is 1.97. The summed E-state index contributed by atoms with van der Waals surface area (Å²) in [7, 11) is 0. The second-order valence-electron chi connectivity index (χ2n) is 14.5. The molecule has 1 nitrogen and oxygen atoms in total. The molecule has 0 saturated heterocycles. The molecule has 1 heteroatoms. The molecule has 0 bridgehead atoms. The number of unbranched alkanes of at least 4 members (excludes halogenated alkanes) is 20. The first-order valence-corrected chi connectivity index (χ1v) is 20.4. The summed E-state index contributed by atoms with van der Waals surface area (Å²) >= 11 is 0. The molecule has 0 spiro atoms. The Morgan fingerprint density at radius 2 is 0.651 bits per heavy atom. The molecule has 1 N–H and O–H groups in total. The van der Waals surface area contributed by atoms with Crippen LogP contribution in [0.25, 0.3) is 0 Å². The third-order valence-corrected chi connectivity index (χ3v) is 10.5. The number of H-pyrrole nitrogens is 1. The lowest BCUT2D eigenvalue weighted by Crippen LogP contribution is -1.99. The minimum absolute atomic E-state index is 0.985. The molecule has 2 atom stereocenters. The molecule has 0 aliphatic carbocycles. The number of aromatic amines is 1. The normalized spacial score (nSPS) is 13.1. The number of aromatic nitrogens is 1. The Balaban J connectivity index is 1.97. The zero-order chi connectivity index (χ0) is 31.1. The Kier molecular flexibility index (Phi) is 29.3. The van der Waals surface area contributed by atoms with Crippen LogP contribution in [0.15, 0.2) is 12.1 Å². The van der Waals surface area contributed by atoms with E-state index in [2.05, 4.69) is 44.8 Å². The molecular formula is C42H81N. The smallest absolute Gasteiger partial charge is 0.0149 e. The fourth-order valence-corrected chi connectivity index (χ4v) is 7.23. The van der Waals surface area contributed by atoms with Crippen LogP contribution in [-0.4, -0.2) is 4.98 Å². The van der Waals surface area contributed by atoms with Crippen LogP contribution in [0.4, 0.5) is 0 Å². The van der Waals surface area contributed by atoms with Gasteiger partial charge >= 0.3 is 0 Å². The molecule has 0 amide bonds. The first kappa shape index (κ1) is 40.3. The average Bonchev–Trinajstić information content (AvgIpc) is 3.48. The van der Waals surface area contributed by atoms with Crippen molar-refractivity contribution in [2.75, 3.05) is 0 Å². The van der Waals surface area contributed by atoms with Gasteiger partial charge in [-0.1, -0.05) is 207 Å². The molecule has 1 heterocycles. The molecule has 43 heavy (non-hydrogen) atoms. The summed E-state index contributed by atoms with van der Waals surface area (Å²) in [6.45, 7) is 9.45. The minimum atomic E-state index is 0.985. The van der Waals surface area contributed by atoms with Crippen LogP contribution in [0.3, 0.4) is 0 Å². The van der Waals surface area contributed by atoms with E-state index in [-0.39, 0.29) is 0 Å². The van der Waals surface area contributed by atoms with E-state index in [9.17, 15) is 0 Å². The maximum atomic E-state index is 3.74. The lowest BCUT2D eigenvalue weighted by molar-refractivity contribution is 0.393. The van der Waals surface area contributed by atoms with Gasteiger partial charge in [0.2, 0.25) is 0 Å². The fourth-order valence-electron chi connectivity index (χ4n) is 7.23. The van der Waals surface area contributed by atoms with Gasteiger partial charge in [-0.2, -0.15) is 0 Å². The maximum absolute atomic E-state index is 3.74. The van der Waals surface area contributed by atoms with E-state index in [0.717, 1.165) is 11.8 Å². The van der Waals surface area contributed by atoms with Crippen molar-refractivity contribution in [3.8, 4) is 0 Å². The third kappa shape index (κ3) is 25.2. The predicted molar refractivity (Wildman–Crippen MR) is 196 cm³/mol. The van der Waals surface area contributed by atoms with Gasteiger partial charge in [0.15, 0.2) is 0 Å². The van der Waals surface area contributed by atoms with Crippen LogP contribution < -0.4 is 0 Å². The first-order chi connectivity index (χ1) is 21.2. The second-order valence-corrected chi connectivity index (χ2v) is 14.5. The molecule has 1 aromatic heterocycles. The highest BCUT2D eigenvalue weighted by Gasteiger charge is 2.08. The summed E-state index contributed by atoms with van der Waals surface area (Å²) in [5, 5.41) is 0. The summed E-state index contributed by atoms with van der Waals surface area (Å²) < 4.78 is 0. The van der Waals surface area contributed by atoms with Crippen molar-refractivity contribution >= 4 is 0 Å². The third-order valence-electron chi connectivity index (χ3n) is 10.5. The Morgan fingerprint density at radius 3 is 0.953 bits per heavy atom. The average molecular weight is 600 g/mol. The van der Waals surface area contributed by atoms with Gasteiger partial charge in [0.25, 0.3) is 0 Å². The van der Waals surface area contributed by atoms with Crippen molar-refractivity contribution in [3.63, 3.8) is 0 Å². The quantitative estimate of drug-likeness (QED) is 0.0758. The van der Waals surface area contributed by atoms with Gasteiger partial charge in [-0.3, -0.25) is 0 Å². The highest BCUT2D eigenvalue weighted by Crippen LogP contribution is 2.23. The Morgan fingerprint density at radius 1 is 0.372 bits per heavy atom.